The Morgan fingerprint density at radius 2 is 1.76 bits per heavy atom. The summed E-state index contributed by atoms with van der Waals surface area (Å²) in [5.41, 5.74) is 0.889. The van der Waals surface area contributed by atoms with Crippen molar-refractivity contribution in [2.45, 2.75) is 0 Å². The number of furan rings is 1. The average molecular weight is 288 g/mol. The molecule has 0 aliphatic carbocycles. The van der Waals surface area contributed by atoms with Crippen LogP contribution >= 0.6 is 0 Å². The Bertz CT molecular complexity index is 788. The molecule has 2 aromatic carbocycles. The molecule has 0 saturated heterocycles. The zero-order valence-electron chi connectivity index (χ0n) is 10.8. The SMILES string of the molecule is O=C(COc1c(F)cccc1F)c1coc2ccccc12. The van der Waals surface area contributed by atoms with Crippen molar-refractivity contribution in [1.29, 1.82) is 0 Å². The van der Waals surface area contributed by atoms with Gasteiger partial charge in [-0.25, -0.2) is 8.78 Å². The molecule has 106 valence electrons. The van der Waals surface area contributed by atoms with Crippen LogP contribution in [0.15, 0.2) is 53.1 Å². The van der Waals surface area contributed by atoms with E-state index in [1.54, 1.807) is 24.3 Å². The van der Waals surface area contributed by atoms with Crippen LogP contribution in [0, 0.1) is 11.6 Å². The highest BCUT2D eigenvalue weighted by atomic mass is 19.1. The first-order valence-corrected chi connectivity index (χ1v) is 6.23. The van der Waals surface area contributed by atoms with E-state index in [0.717, 1.165) is 12.1 Å². The molecule has 3 aromatic rings. The topological polar surface area (TPSA) is 39.4 Å². The minimum atomic E-state index is -0.847. The summed E-state index contributed by atoms with van der Waals surface area (Å²) in [5.74, 6) is -2.67. The molecule has 0 fully saturated rings. The number of fused-ring (bicyclic) bond motifs is 1. The van der Waals surface area contributed by atoms with Crippen molar-refractivity contribution in [2.75, 3.05) is 6.61 Å². The van der Waals surface area contributed by atoms with Crippen molar-refractivity contribution in [3.05, 3.63) is 65.9 Å². The lowest BCUT2D eigenvalue weighted by Crippen LogP contribution is -2.12. The Balaban J connectivity index is 1.81. The van der Waals surface area contributed by atoms with Gasteiger partial charge in [0.2, 0.25) is 5.78 Å². The number of halogens is 2. The zero-order chi connectivity index (χ0) is 14.8. The molecule has 0 radical (unpaired) electrons. The van der Waals surface area contributed by atoms with Gasteiger partial charge < -0.3 is 9.15 Å². The average Bonchev–Trinajstić information content (AvgIpc) is 2.90. The van der Waals surface area contributed by atoms with E-state index in [0.29, 0.717) is 16.5 Å². The van der Waals surface area contributed by atoms with Gasteiger partial charge in [-0.1, -0.05) is 24.3 Å². The van der Waals surface area contributed by atoms with Gasteiger partial charge in [0.05, 0.1) is 5.56 Å². The number of carbonyl (C=O) groups excluding carboxylic acids is 1. The number of benzene rings is 2. The van der Waals surface area contributed by atoms with E-state index in [4.69, 9.17) is 9.15 Å². The molecule has 0 aliphatic rings. The van der Waals surface area contributed by atoms with Crippen LogP contribution in [0.5, 0.6) is 5.75 Å². The third kappa shape index (κ3) is 2.50. The molecule has 0 amide bonds. The Kier molecular flexibility index (Phi) is 3.39. The molecule has 3 rings (SSSR count). The van der Waals surface area contributed by atoms with E-state index in [-0.39, 0.29) is 0 Å². The number of rotatable bonds is 4. The summed E-state index contributed by atoms with van der Waals surface area (Å²) in [6.07, 6.45) is 1.31. The van der Waals surface area contributed by atoms with Crippen LogP contribution in [0.2, 0.25) is 0 Å². The van der Waals surface area contributed by atoms with Crippen molar-refractivity contribution in [3.63, 3.8) is 0 Å². The highest BCUT2D eigenvalue weighted by Crippen LogP contribution is 2.23. The van der Waals surface area contributed by atoms with Crippen LogP contribution in [0.4, 0.5) is 8.78 Å². The summed E-state index contributed by atoms with van der Waals surface area (Å²) in [7, 11) is 0. The summed E-state index contributed by atoms with van der Waals surface area (Å²) >= 11 is 0. The van der Waals surface area contributed by atoms with Gasteiger partial charge in [-0.05, 0) is 18.2 Å². The maximum Gasteiger partial charge on any atom is 0.204 e. The fourth-order valence-corrected chi connectivity index (χ4v) is 2.03. The maximum atomic E-state index is 13.4. The van der Waals surface area contributed by atoms with Gasteiger partial charge in [0.1, 0.15) is 11.8 Å². The maximum absolute atomic E-state index is 13.4. The van der Waals surface area contributed by atoms with E-state index < -0.39 is 29.8 Å². The van der Waals surface area contributed by atoms with Crippen molar-refractivity contribution >= 4 is 16.8 Å². The van der Waals surface area contributed by atoms with Crippen LogP contribution in [0.3, 0.4) is 0 Å². The summed E-state index contributed by atoms with van der Waals surface area (Å²) in [6, 6.07) is 10.4. The highest BCUT2D eigenvalue weighted by molar-refractivity contribution is 6.07. The summed E-state index contributed by atoms with van der Waals surface area (Å²) < 4.78 is 37.0. The summed E-state index contributed by atoms with van der Waals surface area (Å²) in [6.45, 7) is -0.471. The van der Waals surface area contributed by atoms with Gasteiger partial charge in [-0.2, -0.15) is 0 Å². The number of ketones is 1. The number of para-hydroxylation sites is 2. The monoisotopic (exact) mass is 288 g/mol. The second-order valence-corrected chi connectivity index (χ2v) is 4.41. The van der Waals surface area contributed by atoms with Crippen molar-refractivity contribution in [2.24, 2.45) is 0 Å². The molecule has 0 atom stereocenters. The molecule has 5 heteroatoms. The molecule has 1 heterocycles. The zero-order valence-corrected chi connectivity index (χ0v) is 10.8. The lowest BCUT2D eigenvalue weighted by atomic mass is 10.1. The first kappa shape index (κ1) is 13.3. The minimum Gasteiger partial charge on any atom is -0.479 e. The summed E-state index contributed by atoms with van der Waals surface area (Å²) in [5, 5.41) is 0.639. The van der Waals surface area contributed by atoms with Gasteiger partial charge >= 0.3 is 0 Å². The second-order valence-electron chi connectivity index (χ2n) is 4.41. The standard InChI is InChI=1S/C16H10F2O3/c17-12-5-3-6-13(18)16(12)21-9-14(19)11-8-20-15-7-2-1-4-10(11)15/h1-8H,9H2. The fourth-order valence-electron chi connectivity index (χ4n) is 2.03. The minimum absolute atomic E-state index is 0.322. The molecule has 21 heavy (non-hydrogen) atoms. The normalized spacial score (nSPS) is 10.8. The number of Topliss-reactive ketones (excluding diaryl/α,β-unsaturated/α-hetero) is 1. The van der Waals surface area contributed by atoms with Gasteiger partial charge in [-0.3, -0.25) is 4.79 Å². The Labute approximate surface area is 118 Å². The molecule has 1 aromatic heterocycles. The first-order valence-electron chi connectivity index (χ1n) is 6.23. The molecular weight excluding hydrogens is 278 g/mol. The van der Waals surface area contributed by atoms with Crippen molar-refractivity contribution in [3.8, 4) is 5.75 Å². The molecule has 0 unspecified atom stereocenters. The number of carbonyl (C=O) groups is 1. The number of hydrogen-bond acceptors (Lipinski definition) is 3. The Hall–Kier alpha value is -2.69. The van der Waals surface area contributed by atoms with Gasteiger partial charge in [0.25, 0.3) is 0 Å². The first-order chi connectivity index (χ1) is 10.2. The van der Waals surface area contributed by atoms with Crippen LogP contribution < -0.4 is 4.74 Å². The number of hydrogen-bond donors (Lipinski definition) is 0. The fraction of sp³-hybridized carbons (Fsp3) is 0.0625. The molecular formula is C16H10F2O3. The molecule has 0 bridgehead atoms. The van der Waals surface area contributed by atoms with Crippen LogP contribution in [-0.2, 0) is 0 Å². The van der Waals surface area contributed by atoms with Crippen molar-refractivity contribution in [1.82, 2.24) is 0 Å². The predicted octanol–water partition coefficient (Wildman–Crippen LogP) is 3.97. The third-order valence-electron chi connectivity index (χ3n) is 3.05. The lowest BCUT2D eigenvalue weighted by molar-refractivity contribution is 0.0916. The Morgan fingerprint density at radius 3 is 2.52 bits per heavy atom. The number of ether oxygens (including phenoxy) is 1. The highest BCUT2D eigenvalue weighted by Gasteiger charge is 2.16. The van der Waals surface area contributed by atoms with Crippen molar-refractivity contribution < 1.29 is 22.7 Å². The van der Waals surface area contributed by atoms with E-state index in [1.165, 1.54) is 12.3 Å². The second kappa shape index (κ2) is 5.36. The van der Waals surface area contributed by atoms with E-state index in [9.17, 15) is 13.6 Å². The predicted molar refractivity (Wildman–Crippen MR) is 72.4 cm³/mol. The molecule has 0 N–H and O–H groups in total. The molecule has 0 aliphatic heterocycles. The molecule has 0 saturated carbocycles. The van der Waals surface area contributed by atoms with E-state index in [2.05, 4.69) is 0 Å². The van der Waals surface area contributed by atoms with Gasteiger partial charge in [0.15, 0.2) is 24.0 Å². The van der Waals surface area contributed by atoms with Crippen LogP contribution in [0.1, 0.15) is 10.4 Å². The van der Waals surface area contributed by atoms with Crippen LogP contribution in [-0.4, -0.2) is 12.4 Å². The molecule has 0 spiro atoms. The van der Waals surface area contributed by atoms with Gasteiger partial charge in [0, 0.05) is 5.39 Å². The smallest absolute Gasteiger partial charge is 0.204 e. The largest absolute Gasteiger partial charge is 0.479 e. The van der Waals surface area contributed by atoms with E-state index >= 15 is 0 Å². The quantitative estimate of drug-likeness (QED) is 0.682. The summed E-state index contributed by atoms with van der Waals surface area (Å²) in [4.78, 5) is 12.1. The Morgan fingerprint density at radius 1 is 1.05 bits per heavy atom. The van der Waals surface area contributed by atoms with Crippen LogP contribution in [0.25, 0.3) is 11.0 Å². The lowest BCUT2D eigenvalue weighted by Gasteiger charge is -2.06. The molecule has 3 nitrogen and oxygen atoms in total. The van der Waals surface area contributed by atoms with E-state index in [1.807, 2.05) is 0 Å². The van der Waals surface area contributed by atoms with Gasteiger partial charge in [-0.15, -0.1) is 0 Å². The third-order valence-corrected chi connectivity index (χ3v) is 3.05.